The highest BCUT2D eigenvalue weighted by atomic mass is 16.4. The van der Waals surface area contributed by atoms with Crippen LogP contribution >= 0.6 is 0 Å². The van der Waals surface area contributed by atoms with Gasteiger partial charge in [-0.25, -0.2) is 0 Å². The van der Waals surface area contributed by atoms with Crippen molar-refractivity contribution in [2.75, 3.05) is 11.9 Å². The largest absolute Gasteiger partial charge is 0.406 e. The van der Waals surface area contributed by atoms with Gasteiger partial charge in [-0.2, -0.15) is 0 Å². The molecule has 1 aromatic heterocycles. The summed E-state index contributed by atoms with van der Waals surface area (Å²) in [5.41, 5.74) is 5.66. The van der Waals surface area contributed by atoms with Crippen molar-refractivity contribution >= 4 is 6.01 Å². The third kappa shape index (κ3) is 4.00. The number of nitrogens with zero attached hydrogens (tertiary/aromatic N) is 2. The molecule has 0 aliphatic carbocycles. The molecule has 5 nitrogen and oxygen atoms in total. The van der Waals surface area contributed by atoms with Gasteiger partial charge in [-0.05, 0) is 24.7 Å². The van der Waals surface area contributed by atoms with Gasteiger partial charge in [0.25, 0.3) is 0 Å². The van der Waals surface area contributed by atoms with Gasteiger partial charge in [0.15, 0.2) is 0 Å². The predicted octanol–water partition coefficient (Wildman–Crippen LogP) is 2.43. The Hall–Kier alpha value is -1.10. The first kappa shape index (κ1) is 14.0. The van der Waals surface area contributed by atoms with E-state index in [1.54, 1.807) is 0 Å². The highest BCUT2D eigenvalue weighted by Crippen LogP contribution is 2.21. The molecule has 3 N–H and O–H groups in total. The molecule has 5 heteroatoms. The maximum Gasteiger partial charge on any atom is 0.315 e. The molecule has 1 atom stereocenters. The molecular formula is C12H24N4O. The van der Waals surface area contributed by atoms with Crippen LogP contribution < -0.4 is 11.1 Å². The van der Waals surface area contributed by atoms with Gasteiger partial charge in [-0.3, -0.25) is 0 Å². The van der Waals surface area contributed by atoms with Crippen LogP contribution in [-0.2, 0) is 0 Å². The highest BCUT2D eigenvalue weighted by Gasteiger charge is 2.18. The van der Waals surface area contributed by atoms with Gasteiger partial charge in [0.1, 0.15) is 0 Å². The SMILES string of the molecule is CC(N)c1nnc(NCC(C(C)C)C(C)C)o1. The zero-order valence-electron chi connectivity index (χ0n) is 11.4. The average molecular weight is 240 g/mol. The molecule has 0 saturated carbocycles. The molecule has 1 unspecified atom stereocenters. The molecule has 1 heterocycles. The Balaban J connectivity index is 2.53. The summed E-state index contributed by atoms with van der Waals surface area (Å²) in [6.07, 6.45) is 0. The van der Waals surface area contributed by atoms with Crippen molar-refractivity contribution in [2.45, 2.75) is 40.7 Å². The lowest BCUT2D eigenvalue weighted by atomic mass is 9.85. The maximum absolute atomic E-state index is 5.66. The lowest BCUT2D eigenvalue weighted by Gasteiger charge is -2.24. The zero-order chi connectivity index (χ0) is 13.0. The summed E-state index contributed by atoms with van der Waals surface area (Å²) in [5.74, 6) is 2.30. The molecule has 1 aromatic rings. The summed E-state index contributed by atoms with van der Waals surface area (Å²) < 4.78 is 5.40. The van der Waals surface area contributed by atoms with E-state index in [0.29, 0.717) is 29.7 Å². The molecule has 17 heavy (non-hydrogen) atoms. The molecule has 1 rings (SSSR count). The summed E-state index contributed by atoms with van der Waals surface area (Å²) in [5, 5.41) is 11.0. The quantitative estimate of drug-likeness (QED) is 0.798. The van der Waals surface area contributed by atoms with E-state index in [2.05, 4.69) is 43.2 Å². The topological polar surface area (TPSA) is 77.0 Å². The normalized spacial score (nSPS) is 13.7. The Bertz CT molecular complexity index is 325. The second-order valence-corrected chi connectivity index (χ2v) is 5.27. The summed E-state index contributed by atoms with van der Waals surface area (Å²) >= 11 is 0. The van der Waals surface area contributed by atoms with Crippen molar-refractivity contribution in [3.05, 3.63) is 5.89 Å². The summed E-state index contributed by atoms with van der Waals surface area (Å²) in [7, 11) is 0. The molecule has 0 spiro atoms. The van der Waals surface area contributed by atoms with E-state index in [1.165, 1.54) is 0 Å². The van der Waals surface area contributed by atoms with Crippen LogP contribution in [0.5, 0.6) is 0 Å². The molecule has 0 saturated heterocycles. The average Bonchev–Trinajstić information content (AvgIpc) is 2.65. The van der Waals surface area contributed by atoms with Crippen molar-refractivity contribution in [1.29, 1.82) is 0 Å². The molecule has 0 radical (unpaired) electrons. The van der Waals surface area contributed by atoms with Crippen LogP contribution in [0.25, 0.3) is 0 Å². The Morgan fingerprint density at radius 2 is 1.71 bits per heavy atom. The molecule has 0 amide bonds. The number of nitrogens with one attached hydrogen (secondary N) is 1. The van der Waals surface area contributed by atoms with Gasteiger partial charge in [0.05, 0.1) is 6.04 Å². The van der Waals surface area contributed by atoms with Crippen LogP contribution in [0.1, 0.15) is 46.6 Å². The fourth-order valence-corrected chi connectivity index (χ4v) is 1.94. The molecule has 0 fully saturated rings. The first-order valence-corrected chi connectivity index (χ1v) is 6.24. The van der Waals surface area contributed by atoms with Crippen molar-refractivity contribution in [3.63, 3.8) is 0 Å². The van der Waals surface area contributed by atoms with Gasteiger partial charge in [0, 0.05) is 6.54 Å². The summed E-state index contributed by atoms with van der Waals surface area (Å²) in [6, 6.07) is 0.243. The zero-order valence-corrected chi connectivity index (χ0v) is 11.4. The van der Waals surface area contributed by atoms with Crippen LogP contribution in [0.4, 0.5) is 6.01 Å². The molecule has 0 aromatic carbocycles. The second-order valence-electron chi connectivity index (χ2n) is 5.27. The highest BCUT2D eigenvalue weighted by molar-refractivity contribution is 5.17. The van der Waals surface area contributed by atoms with E-state index in [9.17, 15) is 0 Å². The lowest BCUT2D eigenvalue weighted by Crippen LogP contribution is -2.24. The molecule has 98 valence electrons. The van der Waals surface area contributed by atoms with E-state index in [4.69, 9.17) is 10.2 Å². The first-order chi connectivity index (χ1) is 7.91. The van der Waals surface area contributed by atoms with Crippen molar-refractivity contribution < 1.29 is 4.42 Å². The fourth-order valence-electron chi connectivity index (χ4n) is 1.94. The third-order valence-corrected chi connectivity index (χ3v) is 3.03. The van der Waals surface area contributed by atoms with Gasteiger partial charge in [0.2, 0.25) is 5.89 Å². The van der Waals surface area contributed by atoms with Crippen molar-refractivity contribution in [3.8, 4) is 0 Å². The Morgan fingerprint density at radius 1 is 1.12 bits per heavy atom. The number of anilines is 1. The van der Waals surface area contributed by atoms with E-state index < -0.39 is 0 Å². The molecule has 0 aliphatic heterocycles. The number of rotatable bonds is 6. The number of hydrogen-bond acceptors (Lipinski definition) is 5. The van der Waals surface area contributed by atoms with E-state index >= 15 is 0 Å². The van der Waals surface area contributed by atoms with Crippen molar-refractivity contribution in [2.24, 2.45) is 23.5 Å². The monoisotopic (exact) mass is 240 g/mol. The van der Waals surface area contributed by atoms with Gasteiger partial charge in [-0.15, -0.1) is 5.10 Å². The van der Waals surface area contributed by atoms with Crippen LogP contribution in [0, 0.1) is 17.8 Å². The standard InChI is InChI=1S/C12H24N4O/c1-7(2)10(8(3)4)6-14-12-16-15-11(17-12)9(5)13/h7-10H,6,13H2,1-5H3,(H,14,16). The van der Waals surface area contributed by atoms with E-state index in [1.807, 2.05) is 6.92 Å². The van der Waals surface area contributed by atoms with Gasteiger partial charge in [-0.1, -0.05) is 32.8 Å². The number of nitrogens with two attached hydrogens (primary N) is 1. The molecular weight excluding hydrogens is 216 g/mol. The van der Waals surface area contributed by atoms with Crippen LogP contribution in [-0.4, -0.2) is 16.7 Å². The summed E-state index contributed by atoms with van der Waals surface area (Å²) in [6.45, 7) is 11.6. The molecule has 0 aliphatic rings. The minimum absolute atomic E-state index is 0.218. The third-order valence-electron chi connectivity index (χ3n) is 3.03. The fraction of sp³-hybridized carbons (Fsp3) is 0.833. The molecule has 0 bridgehead atoms. The van der Waals surface area contributed by atoms with E-state index in [0.717, 1.165) is 6.54 Å². The smallest absolute Gasteiger partial charge is 0.315 e. The van der Waals surface area contributed by atoms with Crippen LogP contribution in [0.3, 0.4) is 0 Å². The first-order valence-electron chi connectivity index (χ1n) is 6.24. The predicted molar refractivity (Wildman–Crippen MR) is 68.6 cm³/mol. The van der Waals surface area contributed by atoms with Gasteiger partial charge >= 0.3 is 6.01 Å². The summed E-state index contributed by atoms with van der Waals surface area (Å²) in [4.78, 5) is 0. The van der Waals surface area contributed by atoms with Crippen LogP contribution in [0.15, 0.2) is 4.42 Å². The maximum atomic E-state index is 5.66. The second kappa shape index (κ2) is 6.00. The number of hydrogen-bond donors (Lipinski definition) is 2. The Morgan fingerprint density at radius 3 is 2.12 bits per heavy atom. The minimum Gasteiger partial charge on any atom is -0.406 e. The Kier molecular flexibility index (Phi) is 4.93. The van der Waals surface area contributed by atoms with Gasteiger partial charge < -0.3 is 15.5 Å². The number of aromatic nitrogens is 2. The van der Waals surface area contributed by atoms with Crippen LogP contribution in [0.2, 0.25) is 0 Å². The van der Waals surface area contributed by atoms with E-state index in [-0.39, 0.29) is 6.04 Å². The minimum atomic E-state index is -0.218. The Labute approximate surface area is 103 Å². The lowest BCUT2D eigenvalue weighted by molar-refractivity contribution is 0.302. The van der Waals surface area contributed by atoms with Crippen molar-refractivity contribution in [1.82, 2.24) is 10.2 Å².